The molecule has 0 bridgehead atoms. The van der Waals surface area contributed by atoms with Gasteiger partial charge >= 0.3 is 0 Å². The molecule has 0 aliphatic heterocycles. The maximum Gasteiger partial charge on any atom is 0.228 e. The van der Waals surface area contributed by atoms with Crippen LogP contribution in [-0.4, -0.2) is 10.9 Å². The van der Waals surface area contributed by atoms with Gasteiger partial charge in [-0.25, -0.2) is 4.98 Å². The summed E-state index contributed by atoms with van der Waals surface area (Å²) in [5, 5.41) is 6.27. The number of benzene rings is 4. The third kappa shape index (κ3) is 3.70. The number of nitrogens with zero attached hydrogens (tertiary/aromatic N) is 1. The Morgan fingerprint density at radius 2 is 1.73 bits per heavy atom. The Morgan fingerprint density at radius 1 is 0.933 bits per heavy atom. The number of nitrogens with one attached hydrogen (secondary N) is 1. The fourth-order valence-corrected chi connectivity index (χ4v) is 4.63. The van der Waals surface area contributed by atoms with Crippen LogP contribution in [0.15, 0.2) is 84.9 Å². The molecule has 0 fully saturated rings. The van der Waals surface area contributed by atoms with Crippen molar-refractivity contribution in [3.8, 4) is 10.6 Å². The van der Waals surface area contributed by atoms with Crippen LogP contribution in [0.1, 0.15) is 11.1 Å². The summed E-state index contributed by atoms with van der Waals surface area (Å²) in [6.07, 6.45) is 0.348. The van der Waals surface area contributed by atoms with Gasteiger partial charge in [0.15, 0.2) is 0 Å². The molecule has 0 radical (unpaired) electrons. The zero-order valence-electron chi connectivity index (χ0n) is 16.6. The molecular formula is C26H20N2OS. The number of rotatable bonds is 4. The normalized spacial score (nSPS) is 11.1. The molecule has 4 aromatic carbocycles. The Morgan fingerprint density at radius 3 is 2.60 bits per heavy atom. The maximum absolute atomic E-state index is 12.6. The van der Waals surface area contributed by atoms with Crippen molar-refractivity contribution < 1.29 is 4.79 Å². The topological polar surface area (TPSA) is 42.0 Å². The molecule has 0 saturated heterocycles. The fourth-order valence-electron chi connectivity index (χ4n) is 3.68. The van der Waals surface area contributed by atoms with Crippen LogP contribution in [0.5, 0.6) is 0 Å². The molecule has 0 aliphatic rings. The van der Waals surface area contributed by atoms with Gasteiger partial charge < -0.3 is 5.32 Å². The quantitative estimate of drug-likeness (QED) is 0.364. The minimum absolute atomic E-state index is 0.0189. The van der Waals surface area contributed by atoms with Crippen LogP contribution in [0, 0.1) is 6.92 Å². The number of fused-ring (bicyclic) bond motifs is 2. The summed E-state index contributed by atoms with van der Waals surface area (Å²) in [5.41, 5.74) is 5.12. The van der Waals surface area contributed by atoms with Gasteiger partial charge in [0, 0.05) is 11.3 Å². The van der Waals surface area contributed by atoms with E-state index in [1.54, 1.807) is 11.3 Å². The molecule has 146 valence electrons. The third-order valence-electron chi connectivity index (χ3n) is 5.19. The highest BCUT2D eigenvalue weighted by Crippen LogP contribution is 2.31. The average molecular weight is 409 g/mol. The Labute approximate surface area is 179 Å². The molecule has 1 heterocycles. The van der Waals surface area contributed by atoms with Crippen molar-refractivity contribution in [3.05, 3.63) is 96.1 Å². The number of hydrogen-bond donors (Lipinski definition) is 1. The van der Waals surface area contributed by atoms with Gasteiger partial charge in [0.25, 0.3) is 0 Å². The number of hydrogen-bond acceptors (Lipinski definition) is 3. The highest BCUT2D eigenvalue weighted by atomic mass is 32.1. The summed E-state index contributed by atoms with van der Waals surface area (Å²) in [5.74, 6) is -0.0189. The van der Waals surface area contributed by atoms with E-state index >= 15 is 0 Å². The van der Waals surface area contributed by atoms with Crippen molar-refractivity contribution in [2.45, 2.75) is 13.3 Å². The molecule has 5 rings (SSSR count). The molecule has 0 aliphatic carbocycles. The van der Waals surface area contributed by atoms with E-state index in [1.807, 2.05) is 48.5 Å². The Hall–Kier alpha value is -3.50. The monoisotopic (exact) mass is 408 g/mol. The van der Waals surface area contributed by atoms with E-state index in [2.05, 4.69) is 48.6 Å². The van der Waals surface area contributed by atoms with Crippen LogP contribution < -0.4 is 5.32 Å². The summed E-state index contributed by atoms with van der Waals surface area (Å²) in [7, 11) is 0. The summed E-state index contributed by atoms with van der Waals surface area (Å²) >= 11 is 1.68. The summed E-state index contributed by atoms with van der Waals surface area (Å²) in [6, 6.07) is 28.5. The minimum Gasteiger partial charge on any atom is -0.326 e. The van der Waals surface area contributed by atoms with Crippen molar-refractivity contribution in [1.82, 2.24) is 4.98 Å². The first-order chi connectivity index (χ1) is 14.7. The molecule has 1 aromatic heterocycles. The number of anilines is 1. The smallest absolute Gasteiger partial charge is 0.228 e. The number of carbonyl (C=O) groups excluding carboxylic acids is 1. The molecule has 30 heavy (non-hydrogen) atoms. The van der Waals surface area contributed by atoms with Crippen molar-refractivity contribution in [3.63, 3.8) is 0 Å². The van der Waals surface area contributed by atoms with Gasteiger partial charge in [0.1, 0.15) is 5.01 Å². The lowest BCUT2D eigenvalue weighted by Gasteiger charge is -2.08. The highest BCUT2D eigenvalue weighted by Gasteiger charge is 2.09. The zero-order valence-corrected chi connectivity index (χ0v) is 17.4. The molecule has 4 heteroatoms. The molecule has 0 spiro atoms. The molecule has 0 unspecified atom stereocenters. The number of aromatic nitrogens is 1. The largest absolute Gasteiger partial charge is 0.326 e. The van der Waals surface area contributed by atoms with Gasteiger partial charge in [0.05, 0.1) is 16.6 Å². The number of carbonyl (C=O) groups is 1. The van der Waals surface area contributed by atoms with Crippen molar-refractivity contribution >= 4 is 43.9 Å². The van der Waals surface area contributed by atoms with Crippen LogP contribution >= 0.6 is 11.3 Å². The molecular weight excluding hydrogens is 388 g/mol. The number of thiazole rings is 1. The summed E-state index contributed by atoms with van der Waals surface area (Å²) in [6.45, 7) is 2.08. The average Bonchev–Trinajstić information content (AvgIpc) is 3.18. The Kier molecular flexibility index (Phi) is 4.77. The van der Waals surface area contributed by atoms with Gasteiger partial charge in [-0.1, -0.05) is 48.5 Å². The molecule has 1 amide bonds. The second-order valence-electron chi connectivity index (χ2n) is 7.43. The molecule has 1 N–H and O–H groups in total. The van der Waals surface area contributed by atoms with Gasteiger partial charge in [-0.2, -0.15) is 0 Å². The van der Waals surface area contributed by atoms with Crippen LogP contribution in [0.3, 0.4) is 0 Å². The molecule has 0 saturated carbocycles. The first kappa shape index (κ1) is 18.5. The van der Waals surface area contributed by atoms with Crippen LogP contribution in [0.25, 0.3) is 31.6 Å². The second-order valence-corrected chi connectivity index (χ2v) is 8.46. The standard InChI is InChI=1S/C26H20N2OS/c1-17-9-14-24-23(15-17)28-26(30-24)19-10-12-21(13-11-19)27-25(29)16-20-7-4-6-18-5-2-3-8-22(18)20/h2-15H,16H2,1H3,(H,27,29). The van der Waals surface area contributed by atoms with Crippen molar-refractivity contribution in [2.24, 2.45) is 0 Å². The SMILES string of the molecule is Cc1ccc2sc(-c3ccc(NC(=O)Cc4cccc5ccccc45)cc3)nc2c1. The Bertz CT molecular complexity index is 1360. The minimum atomic E-state index is -0.0189. The van der Waals surface area contributed by atoms with Gasteiger partial charge in [-0.3, -0.25) is 4.79 Å². The number of amides is 1. The maximum atomic E-state index is 12.6. The van der Waals surface area contributed by atoms with Crippen LogP contribution in [-0.2, 0) is 11.2 Å². The van der Waals surface area contributed by atoms with Crippen LogP contribution in [0.2, 0.25) is 0 Å². The van der Waals surface area contributed by atoms with Gasteiger partial charge in [0.2, 0.25) is 5.91 Å². The first-order valence-electron chi connectivity index (χ1n) is 9.90. The lowest BCUT2D eigenvalue weighted by molar-refractivity contribution is -0.115. The van der Waals surface area contributed by atoms with E-state index in [0.717, 1.165) is 38.1 Å². The lowest BCUT2D eigenvalue weighted by atomic mass is 10.0. The highest BCUT2D eigenvalue weighted by molar-refractivity contribution is 7.21. The van der Waals surface area contributed by atoms with E-state index in [-0.39, 0.29) is 5.91 Å². The Balaban J connectivity index is 1.32. The molecule has 3 nitrogen and oxygen atoms in total. The number of aryl methyl sites for hydroxylation is 1. The predicted molar refractivity (Wildman–Crippen MR) is 126 cm³/mol. The van der Waals surface area contributed by atoms with E-state index in [0.29, 0.717) is 6.42 Å². The summed E-state index contributed by atoms with van der Waals surface area (Å²) in [4.78, 5) is 17.4. The van der Waals surface area contributed by atoms with Crippen molar-refractivity contribution in [2.75, 3.05) is 5.32 Å². The van der Waals surface area contributed by atoms with Gasteiger partial charge in [-0.05, 0) is 65.2 Å². The van der Waals surface area contributed by atoms with Gasteiger partial charge in [-0.15, -0.1) is 11.3 Å². The predicted octanol–water partition coefficient (Wildman–Crippen LogP) is 6.61. The van der Waals surface area contributed by atoms with Crippen LogP contribution in [0.4, 0.5) is 5.69 Å². The first-order valence-corrected chi connectivity index (χ1v) is 10.7. The van der Waals surface area contributed by atoms with E-state index in [1.165, 1.54) is 10.3 Å². The third-order valence-corrected chi connectivity index (χ3v) is 6.28. The summed E-state index contributed by atoms with van der Waals surface area (Å²) < 4.78 is 1.18. The molecule has 0 atom stereocenters. The van der Waals surface area contributed by atoms with Crippen molar-refractivity contribution in [1.29, 1.82) is 0 Å². The second kappa shape index (κ2) is 7.73. The fraction of sp³-hybridized carbons (Fsp3) is 0.0769. The van der Waals surface area contributed by atoms with E-state index in [9.17, 15) is 4.79 Å². The van der Waals surface area contributed by atoms with E-state index in [4.69, 9.17) is 4.98 Å². The molecule has 5 aromatic rings. The zero-order chi connectivity index (χ0) is 20.5. The van der Waals surface area contributed by atoms with E-state index < -0.39 is 0 Å². The lowest BCUT2D eigenvalue weighted by Crippen LogP contribution is -2.14.